The zero-order chi connectivity index (χ0) is 19.1. The average molecular weight is 383 g/mol. The van der Waals surface area contributed by atoms with Crippen molar-refractivity contribution in [1.29, 1.82) is 0 Å². The van der Waals surface area contributed by atoms with Gasteiger partial charge in [0.25, 0.3) is 5.91 Å². The number of anilines is 2. The van der Waals surface area contributed by atoms with Crippen LogP contribution in [0.4, 0.5) is 11.6 Å². The van der Waals surface area contributed by atoms with Crippen LogP contribution in [0.2, 0.25) is 5.02 Å². The van der Waals surface area contributed by atoms with Crippen LogP contribution in [-0.2, 0) is 6.42 Å². The standard InChI is InChI=1S/C20H19ClN4O2/c1-27-18-8-7-15(13-16(18)21)24-19(26)17-10-12-23-20(25-17)22-11-9-14-5-3-2-4-6-14/h2-8,10,12-13H,9,11H2,1H3,(H,24,26)(H,22,23,25). The van der Waals surface area contributed by atoms with Crippen LogP contribution in [-0.4, -0.2) is 29.5 Å². The first-order valence-electron chi connectivity index (χ1n) is 8.41. The number of aromatic nitrogens is 2. The summed E-state index contributed by atoms with van der Waals surface area (Å²) in [6.07, 6.45) is 2.39. The van der Waals surface area contributed by atoms with Gasteiger partial charge in [-0.1, -0.05) is 41.9 Å². The number of rotatable bonds is 7. The van der Waals surface area contributed by atoms with Crippen LogP contribution in [0.5, 0.6) is 5.75 Å². The minimum Gasteiger partial charge on any atom is -0.495 e. The molecule has 0 aliphatic heterocycles. The largest absolute Gasteiger partial charge is 0.495 e. The Balaban J connectivity index is 1.60. The molecule has 0 bridgehead atoms. The molecule has 0 unspecified atom stereocenters. The zero-order valence-corrected chi connectivity index (χ0v) is 15.5. The summed E-state index contributed by atoms with van der Waals surface area (Å²) in [5.41, 5.74) is 2.04. The van der Waals surface area contributed by atoms with Crippen molar-refractivity contribution in [3.8, 4) is 5.75 Å². The first-order chi connectivity index (χ1) is 13.2. The topological polar surface area (TPSA) is 76.1 Å². The van der Waals surface area contributed by atoms with Gasteiger partial charge in [-0.3, -0.25) is 4.79 Å². The lowest BCUT2D eigenvalue weighted by molar-refractivity contribution is 0.102. The molecule has 1 aromatic heterocycles. The number of carbonyl (C=O) groups is 1. The first kappa shape index (κ1) is 18.7. The van der Waals surface area contributed by atoms with Crippen LogP contribution in [0, 0.1) is 0 Å². The van der Waals surface area contributed by atoms with Crippen molar-refractivity contribution in [3.63, 3.8) is 0 Å². The van der Waals surface area contributed by atoms with Gasteiger partial charge in [0, 0.05) is 18.4 Å². The molecule has 1 amide bonds. The van der Waals surface area contributed by atoms with Crippen LogP contribution in [0.25, 0.3) is 0 Å². The molecular formula is C20H19ClN4O2. The Morgan fingerprint density at radius 3 is 2.70 bits per heavy atom. The molecule has 3 rings (SSSR count). The highest BCUT2D eigenvalue weighted by atomic mass is 35.5. The number of halogens is 1. The van der Waals surface area contributed by atoms with E-state index in [1.54, 1.807) is 30.5 Å². The molecule has 0 spiro atoms. The molecule has 0 radical (unpaired) electrons. The van der Waals surface area contributed by atoms with Gasteiger partial charge in [0.05, 0.1) is 12.1 Å². The van der Waals surface area contributed by atoms with Crippen LogP contribution < -0.4 is 15.4 Å². The molecule has 0 atom stereocenters. The SMILES string of the molecule is COc1ccc(NC(=O)c2ccnc(NCCc3ccccc3)n2)cc1Cl. The molecule has 27 heavy (non-hydrogen) atoms. The fraction of sp³-hybridized carbons (Fsp3) is 0.150. The van der Waals surface area contributed by atoms with Crippen molar-refractivity contribution in [3.05, 3.63) is 77.1 Å². The van der Waals surface area contributed by atoms with E-state index in [9.17, 15) is 4.79 Å². The van der Waals surface area contributed by atoms with Gasteiger partial charge in [0.15, 0.2) is 0 Å². The highest BCUT2D eigenvalue weighted by Crippen LogP contribution is 2.27. The maximum Gasteiger partial charge on any atom is 0.274 e. The average Bonchev–Trinajstić information content (AvgIpc) is 2.69. The molecule has 2 aromatic carbocycles. The van der Waals surface area contributed by atoms with Gasteiger partial charge >= 0.3 is 0 Å². The number of ether oxygens (including phenoxy) is 1. The normalized spacial score (nSPS) is 10.3. The number of nitrogens with one attached hydrogen (secondary N) is 2. The third kappa shape index (κ3) is 5.18. The van der Waals surface area contributed by atoms with Crippen molar-refractivity contribution in [2.75, 3.05) is 24.3 Å². The Hall–Kier alpha value is -3.12. The summed E-state index contributed by atoms with van der Waals surface area (Å²) in [6, 6.07) is 16.7. The molecular weight excluding hydrogens is 364 g/mol. The van der Waals surface area contributed by atoms with E-state index in [2.05, 4.69) is 32.7 Å². The second-order valence-corrected chi connectivity index (χ2v) is 6.14. The lowest BCUT2D eigenvalue weighted by Crippen LogP contribution is -2.16. The molecule has 0 saturated carbocycles. The third-order valence-corrected chi connectivity index (χ3v) is 4.13. The molecule has 1 heterocycles. The number of hydrogen-bond donors (Lipinski definition) is 2. The Bertz CT molecular complexity index is 919. The molecule has 6 nitrogen and oxygen atoms in total. The summed E-state index contributed by atoms with van der Waals surface area (Å²) >= 11 is 6.08. The van der Waals surface area contributed by atoms with E-state index in [1.807, 2.05) is 18.2 Å². The summed E-state index contributed by atoms with van der Waals surface area (Å²) in [4.78, 5) is 20.8. The molecule has 3 aromatic rings. The van der Waals surface area contributed by atoms with Crippen molar-refractivity contribution < 1.29 is 9.53 Å². The van der Waals surface area contributed by atoms with Gasteiger partial charge in [-0.05, 0) is 36.2 Å². The zero-order valence-electron chi connectivity index (χ0n) is 14.8. The molecule has 0 aliphatic carbocycles. The van der Waals surface area contributed by atoms with E-state index < -0.39 is 0 Å². The van der Waals surface area contributed by atoms with Crippen molar-refractivity contribution >= 4 is 29.1 Å². The second-order valence-electron chi connectivity index (χ2n) is 5.73. The monoisotopic (exact) mass is 382 g/mol. The lowest BCUT2D eigenvalue weighted by Gasteiger charge is -2.09. The Morgan fingerprint density at radius 2 is 1.96 bits per heavy atom. The van der Waals surface area contributed by atoms with Crippen molar-refractivity contribution in [2.45, 2.75) is 6.42 Å². The van der Waals surface area contributed by atoms with E-state index in [0.717, 1.165) is 6.42 Å². The predicted octanol–water partition coefficient (Wildman–Crippen LogP) is 4.05. The van der Waals surface area contributed by atoms with Gasteiger partial charge in [-0.15, -0.1) is 0 Å². The number of amides is 1. The number of methoxy groups -OCH3 is 1. The van der Waals surface area contributed by atoms with Crippen molar-refractivity contribution in [2.24, 2.45) is 0 Å². The number of nitrogens with zero attached hydrogens (tertiary/aromatic N) is 2. The maximum atomic E-state index is 12.4. The number of hydrogen-bond acceptors (Lipinski definition) is 5. The third-order valence-electron chi connectivity index (χ3n) is 3.84. The number of carbonyl (C=O) groups excluding carboxylic acids is 1. The van der Waals surface area contributed by atoms with E-state index in [-0.39, 0.29) is 11.6 Å². The fourth-order valence-corrected chi connectivity index (χ4v) is 2.73. The van der Waals surface area contributed by atoms with Gasteiger partial charge in [0.2, 0.25) is 5.95 Å². The quantitative estimate of drug-likeness (QED) is 0.644. The van der Waals surface area contributed by atoms with Crippen LogP contribution >= 0.6 is 11.6 Å². The van der Waals surface area contributed by atoms with E-state index >= 15 is 0 Å². The van der Waals surface area contributed by atoms with Crippen molar-refractivity contribution in [1.82, 2.24) is 9.97 Å². The Kier molecular flexibility index (Phi) is 6.22. The van der Waals surface area contributed by atoms with E-state index in [0.29, 0.717) is 29.0 Å². The molecule has 7 heteroatoms. The van der Waals surface area contributed by atoms with Gasteiger partial charge < -0.3 is 15.4 Å². The van der Waals surface area contributed by atoms with Crippen LogP contribution in [0.15, 0.2) is 60.8 Å². The predicted molar refractivity (Wildman–Crippen MR) is 107 cm³/mol. The highest BCUT2D eigenvalue weighted by molar-refractivity contribution is 6.32. The van der Waals surface area contributed by atoms with Gasteiger partial charge in [-0.2, -0.15) is 0 Å². The van der Waals surface area contributed by atoms with Crippen LogP contribution in [0.3, 0.4) is 0 Å². The van der Waals surface area contributed by atoms with Gasteiger partial charge in [0.1, 0.15) is 11.4 Å². The summed E-state index contributed by atoms with van der Waals surface area (Å²) in [7, 11) is 1.53. The Labute approximate surface area is 162 Å². The molecule has 2 N–H and O–H groups in total. The summed E-state index contributed by atoms with van der Waals surface area (Å²) in [6.45, 7) is 0.670. The smallest absolute Gasteiger partial charge is 0.274 e. The fourth-order valence-electron chi connectivity index (χ4n) is 2.47. The lowest BCUT2D eigenvalue weighted by atomic mass is 10.1. The number of benzene rings is 2. The molecule has 0 saturated heterocycles. The molecule has 0 aliphatic rings. The minimum atomic E-state index is -0.343. The Morgan fingerprint density at radius 1 is 1.15 bits per heavy atom. The first-order valence-corrected chi connectivity index (χ1v) is 8.79. The van der Waals surface area contributed by atoms with Crippen LogP contribution in [0.1, 0.15) is 16.1 Å². The minimum absolute atomic E-state index is 0.263. The summed E-state index contributed by atoms with van der Waals surface area (Å²) < 4.78 is 5.10. The van der Waals surface area contributed by atoms with Gasteiger partial charge in [-0.25, -0.2) is 9.97 Å². The van der Waals surface area contributed by atoms with E-state index in [1.165, 1.54) is 12.7 Å². The maximum absolute atomic E-state index is 12.4. The van der Waals surface area contributed by atoms with E-state index in [4.69, 9.17) is 16.3 Å². The molecule has 138 valence electrons. The summed E-state index contributed by atoms with van der Waals surface area (Å²) in [5.74, 6) is 0.609. The molecule has 0 fully saturated rings. The second kappa shape index (κ2) is 9.00. The highest BCUT2D eigenvalue weighted by Gasteiger charge is 2.10. The summed E-state index contributed by atoms with van der Waals surface area (Å²) in [5, 5.41) is 6.32.